The third-order valence-electron chi connectivity index (χ3n) is 5.19. The van der Waals surface area contributed by atoms with E-state index in [4.69, 9.17) is 23.7 Å². The number of rotatable bonds is 5. The number of aliphatic hydroxyl groups is 6. The Labute approximate surface area is 165 Å². The van der Waals surface area contributed by atoms with Crippen LogP contribution in [0.1, 0.15) is 6.92 Å². The van der Waals surface area contributed by atoms with E-state index in [-0.39, 0.29) is 0 Å². The van der Waals surface area contributed by atoms with E-state index in [0.717, 1.165) is 7.11 Å². The molecule has 0 spiro atoms. The van der Waals surface area contributed by atoms with Gasteiger partial charge in [-0.25, -0.2) is 4.79 Å². The largest absolute Gasteiger partial charge is 0.465 e. The Morgan fingerprint density at radius 3 is 2.17 bits per heavy atom. The molecule has 3 saturated heterocycles. The second-order valence-electron chi connectivity index (χ2n) is 7.15. The Morgan fingerprint density at radius 1 is 0.931 bits per heavy atom. The quantitative estimate of drug-likeness (QED) is 0.231. The van der Waals surface area contributed by atoms with Crippen LogP contribution in [0.3, 0.4) is 0 Å². The van der Waals surface area contributed by atoms with Gasteiger partial charge < -0.3 is 59.1 Å². The maximum Gasteiger partial charge on any atom is 0.366 e. The smallest absolute Gasteiger partial charge is 0.366 e. The molecule has 6 N–H and O–H groups in total. The first-order valence-electron chi connectivity index (χ1n) is 9.01. The van der Waals surface area contributed by atoms with Gasteiger partial charge in [0.2, 0.25) is 0 Å². The van der Waals surface area contributed by atoms with Gasteiger partial charge in [0, 0.05) is 6.92 Å². The maximum atomic E-state index is 11.9. The van der Waals surface area contributed by atoms with Gasteiger partial charge >= 0.3 is 5.97 Å². The van der Waals surface area contributed by atoms with Crippen molar-refractivity contribution in [3.05, 3.63) is 0 Å². The van der Waals surface area contributed by atoms with E-state index in [9.17, 15) is 35.4 Å². The van der Waals surface area contributed by atoms with Crippen LogP contribution >= 0.6 is 0 Å². The molecule has 0 aromatic carbocycles. The van der Waals surface area contributed by atoms with Crippen LogP contribution in [0.4, 0.5) is 0 Å². The van der Waals surface area contributed by atoms with Gasteiger partial charge in [0.1, 0.15) is 48.8 Å². The molecular weight excluding hydrogens is 400 g/mol. The van der Waals surface area contributed by atoms with Crippen LogP contribution in [0.5, 0.6) is 0 Å². The fourth-order valence-corrected chi connectivity index (χ4v) is 3.56. The molecule has 0 saturated carbocycles. The van der Waals surface area contributed by atoms with Gasteiger partial charge in [0.15, 0.2) is 12.6 Å². The van der Waals surface area contributed by atoms with Crippen LogP contribution in [0.2, 0.25) is 0 Å². The van der Waals surface area contributed by atoms with Crippen molar-refractivity contribution < 1.29 is 63.9 Å². The Morgan fingerprint density at radius 2 is 1.59 bits per heavy atom. The van der Waals surface area contributed by atoms with Gasteiger partial charge in [-0.2, -0.15) is 0 Å². The van der Waals surface area contributed by atoms with Crippen molar-refractivity contribution in [3.63, 3.8) is 0 Å². The molecule has 29 heavy (non-hydrogen) atoms. The Balaban J connectivity index is 1.76. The van der Waals surface area contributed by atoms with Crippen LogP contribution in [-0.2, 0) is 33.2 Å². The van der Waals surface area contributed by atoms with Crippen LogP contribution in [0, 0.1) is 0 Å². The predicted molar refractivity (Wildman–Crippen MR) is 86.8 cm³/mol. The number of esters is 1. The van der Waals surface area contributed by atoms with Crippen molar-refractivity contribution in [2.75, 3.05) is 20.3 Å². The Kier molecular flexibility index (Phi) is 6.77. The van der Waals surface area contributed by atoms with E-state index >= 15 is 0 Å². The van der Waals surface area contributed by atoms with Gasteiger partial charge in [0.25, 0.3) is 5.79 Å². The molecule has 11 atom stereocenters. The summed E-state index contributed by atoms with van der Waals surface area (Å²) in [4.78, 5) is 11.9. The normalized spacial score (nSPS) is 50.2. The van der Waals surface area contributed by atoms with E-state index in [0.29, 0.717) is 0 Å². The minimum Gasteiger partial charge on any atom is -0.465 e. The number of hydrogen-bond donors (Lipinski definition) is 6. The lowest BCUT2D eigenvalue weighted by atomic mass is 9.97. The molecule has 3 heterocycles. The molecule has 3 aliphatic heterocycles. The summed E-state index contributed by atoms with van der Waals surface area (Å²) < 4.78 is 31.8. The zero-order valence-corrected chi connectivity index (χ0v) is 15.7. The summed E-state index contributed by atoms with van der Waals surface area (Å²) in [5, 5.41) is 59.5. The molecule has 0 aromatic heterocycles. The first kappa shape index (κ1) is 22.7. The molecule has 0 radical (unpaired) electrons. The van der Waals surface area contributed by atoms with Crippen molar-refractivity contribution >= 4 is 5.97 Å². The van der Waals surface area contributed by atoms with Crippen LogP contribution in [-0.4, -0.2) is 124 Å². The minimum atomic E-state index is -1.86. The third kappa shape index (κ3) is 4.00. The SMILES string of the molecule is COC(=O)C1(C)OC2C(O)[C@H](O[C@@H]3OC(CO)[C@H](O)[C@H](O)C3O)[C@H](CO)O[C@@H]2O1. The van der Waals surface area contributed by atoms with Crippen molar-refractivity contribution in [1.29, 1.82) is 0 Å². The summed E-state index contributed by atoms with van der Waals surface area (Å²) in [6.45, 7) is -0.0353. The molecule has 5 unspecified atom stereocenters. The number of carbonyl (C=O) groups is 1. The molecule has 0 aliphatic carbocycles. The molecule has 13 nitrogen and oxygen atoms in total. The number of aliphatic hydroxyl groups excluding tert-OH is 6. The predicted octanol–water partition coefficient (Wildman–Crippen LogP) is -4.45. The highest BCUT2D eigenvalue weighted by Gasteiger charge is 2.60. The van der Waals surface area contributed by atoms with Gasteiger partial charge in [-0.3, -0.25) is 0 Å². The Bertz CT molecular complexity index is 587. The zero-order valence-electron chi connectivity index (χ0n) is 15.7. The molecule has 13 heteroatoms. The fraction of sp³-hybridized carbons (Fsp3) is 0.938. The highest BCUT2D eigenvalue weighted by molar-refractivity contribution is 5.77. The lowest BCUT2D eigenvalue weighted by Gasteiger charge is -2.45. The Hall–Kier alpha value is -0.970. The third-order valence-corrected chi connectivity index (χ3v) is 5.19. The molecule has 3 fully saturated rings. The summed E-state index contributed by atoms with van der Waals surface area (Å²) in [6, 6.07) is 0. The second-order valence-corrected chi connectivity index (χ2v) is 7.15. The molecule has 3 rings (SSSR count). The van der Waals surface area contributed by atoms with E-state index in [1.54, 1.807) is 0 Å². The second kappa shape index (κ2) is 8.64. The van der Waals surface area contributed by atoms with Crippen molar-refractivity contribution in [2.45, 2.75) is 74.1 Å². The summed E-state index contributed by atoms with van der Waals surface area (Å²) in [7, 11) is 1.13. The highest BCUT2D eigenvalue weighted by atomic mass is 16.9. The number of carbonyl (C=O) groups excluding carboxylic acids is 1. The van der Waals surface area contributed by atoms with Crippen molar-refractivity contribution in [3.8, 4) is 0 Å². The van der Waals surface area contributed by atoms with Crippen LogP contribution in [0.25, 0.3) is 0 Å². The summed E-state index contributed by atoms with van der Waals surface area (Å²) in [5.74, 6) is -2.72. The molecule has 0 amide bonds. The first-order chi connectivity index (χ1) is 13.7. The molecule has 3 aliphatic rings. The average Bonchev–Trinajstić information content (AvgIpc) is 3.07. The number of ether oxygens (including phenoxy) is 6. The van der Waals surface area contributed by atoms with Crippen LogP contribution < -0.4 is 0 Å². The maximum absolute atomic E-state index is 11.9. The fourth-order valence-electron chi connectivity index (χ4n) is 3.56. The number of methoxy groups -OCH3 is 1. The number of hydrogen-bond acceptors (Lipinski definition) is 13. The molecule has 168 valence electrons. The van der Waals surface area contributed by atoms with E-state index < -0.39 is 86.4 Å². The van der Waals surface area contributed by atoms with E-state index in [1.807, 2.05) is 0 Å². The van der Waals surface area contributed by atoms with Gasteiger partial charge in [-0.15, -0.1) is 0 Å². The number of fused-ring (bicyclic) bond motifs is 1. The van der Waals surface area contributed by atoms with Gasteiger partial charge in [-0.1, -0.05) is 0 Å². The van der Waals surface area contributed by atoms with E-state index in [2.05, 4.69) is 4.74 Å². The van der Waals surface area contributed by atoms with Crippen LogP contribution in [0.15, 0.2) is 0 Å². The lowest BCUT2D eigenvalue weighted by molar-refractivity contribution is -0.345. The molecular formula is C16H26O13. The topological polar surface area (TPSA) is 194 Å². The molecule has 0 bridgehead atoms. The van der Waals surface area contributed by atoms with Gasteiger partial charge in [-0.05, 0) is 0 Å². The monoisotopic (exact) mass is 426 g/mol. The summed E-state index contributed by atoms with van der Waals surface area (Å²) in [5.41, 5.74) is 0. The molecule has 0 aromatic rings. The van der Waals surface area contributed by atoms with E-state index in [1.165, 1.54) is 6.92 Å². The first-order valence-corrected chi connectivity index (χ1v) is 9.01. The highest BCUT2D eigenvalue weighted by Crippen LogP contribution is 2.39. The van der Waals surface area contributed by atoms with Crippen molar-refractivity contribution in [1.82, 2.24) is 0 Å². The summed E-state index contributed by atoms with van der Waals surface area (Å²) >= 11 is 0. The zero-order chi connectivity index (χ0) is 21.5. The standard InChI is InChI=1S/C16H26O13/c1-16(15(23)24-2)28-12-10(22)11(6(4-18)26-14(12)29-16)27-13-9(21)8(20)7(19)5(3-17)25-13/h5-14,17-22H,3-4H2,1-2H3/t5?,6-,7-,8-,9?,10?,11+,12?,13-,14+,16?/m0/s1. The minimum absolute atomic E-state index is 0.638. The summed E-state index contributed by atoms with van der Waals surface area (Å²) in [6.07, 6.45) is -14.3. The van der Waals surface area contributed by atoms with Crippen molar-refractivity contribution in [2.24, 2.45) is 0 Å². The van der Waals surface area contributed by atoms with Gasteiger partial charge in [0.05, 0.1) is 20.3 Å². The average molecular weight is 426 g/mol. The lowest BCUT2D eigenvalue weighted by Crippen LogP contribution is -2.64.